The predicted octanol–water partition coefficient (Wildman–Crippen LogP) is 3.35. The van der Waals surface area contributed by atoms with Gasteiger partial charge in [0.05, 0.1) is 0 Å². The lowest BCUT2D eigenvalue weighted by molar-refractivity contribution is -0.150. The number of nitrogens with one attached hydrogen (secondary N) is 2. The second-order valence-electron chi connectivity index (χ2n) is 11.4. The number of fused-ring (bicyclic) bond motifs is 2. The maximum atomic E-state index is 13.1. The van der Waals surface area contributed by atoms with Gasteiger partial charge in [-0.05, 0) is 64.2 Å². The molecule has 0 aromatic carbocycles. The number of hydrogen-bond donors (Lipinski definition) is 3. The average molecular weight is 615 g/mol. The summed E-state index contributed by atoms with van der Waals surface area (Å²) in [7, 11) is 0. The van der Waals surface area contributed by atoms with Crippen LogP contribution in [-0.4, -0.2) is 83.5 Å². The number of carbonyl (C=O) groups excluding carboxylic acids is 3. The summed E-state index contributed by atoms with van der Waals surface area (Å²) < 4.78 is 7.14. The Bertz CT molecular complexity index is 1480. The van der Waals surface area contributed by atoms with Crippen LogP contribution in [0.15, 0.2) is 52.0 Å². The van der Waals surface area contributed by atoms with Gasteiger partial charge < -0.3 is 20.5 Å². The van der Waals surface area contributed by atoms with Gasteiger partial charge in [-0.2, -0.15) is 0 Å². The Morgan fingerprint density at radius 2 is 1.90 bits per heavy atom. The van der Waals surface area contributed by atoms with Crippen LogP contribution >= 0.6 is 23.5 Å². The summed E-state index contributed by atoms with van der Waals surface area (Å²) in [5.74, 6) is -1.14. The van der Waals surface area contributed by atoms with Crippen molar-refractivity contribution < 1.29 is 29.0 Å². The number of carbonyl (C=O) groups is 4. The standard InChI is InChI=1S/C28H34N6O6S2/c1-28(2,3)40-27(39)29-13-17-9-5-4-8-16(17)12-20(35)30-21-23(36)34-22(25(37)38)18(14-41-24(21)34)15-42-26-32-31-19-10-6-7-11-33(19)26/h6-7,10-11,21,24H,4-5,8-9,12-15H2,1-3H3,(H,29,39)(H,30,35)(H,37,38)/t21?,24-/m0/s1. The van der Waals surface area contributed by atoms with Gasteiger partial charge in [-0.15, -0.1) is 22.0 Å². The second kappa shape index (κ2) is 12.4. The number of β-lactam (4-membered cyclic amide) rings is 1. The van der Waals surface area contributed by atoms with Crippen molar-refractivity contribution in [2.75, 3.05) is 18.1 Å². The van der Waals surface area contributed by atoms with Crippen LogP contribution < -0.4 is 10.6 Å². The van der Waals surface area contributed by atoms with Crippen molar-refractivity contribution in [3.63, 3.8) is 0 Å². The van der Waals surface area contributed by atoms with Crippen LogP contribution in [0.4, 0.5) is 4.79 Å². The molecule has 42 heavy (non-hydrogen) atoms. The Hall–Kier alpha value is -3.52. The molecule has 0 spiro atoms. The van der Waals surface area contributed by atoms with Crippen molar-refractivity contribution in [3.8, 4) is 0 Å². The third-order valence-corrected chi connectivity index (χ3v) is 9.52. The van der Waals surface area contributed by atoms with Crippen molar-refractivity contribution >= 4 is 53.0 Å². The van der Waals surface area contributed by atoms with Crippen LogP contribution in [0, 0.1) is 0 Å². The molecule has 2 aromatic rings. The first kappa shape index (κ1) is 30.0. The lowest BCUT2D eigenvalue weighted by atomic mass is 9.89. The highest BCUT2D eigenvalue weighted by Crippen LogP contribution is 2.41. The number of hydrogen-bond acceptors (Lipinski definition) is 9. The smallest absolute Gasteiger partial charge is 0.407 e. The molecule has 14 heteroatoms. The Balaban J connectivity index is 1.21. The summed E-state index contributed by atoms with van der Waals surface area (Å²) in [5.41, 5.74) is 2.65. The zero-order chi connectivity index (χ0) is 30.0. The van der Waals surface area contributed by atoms with E-state index < -0.39 is 35.0 Å². The van der Waals surface area contributed by atoms with E-state index in [1.165, 1.54) is 28.4 Å². The van der Waals surface area contributed by atoms with E-state index in [9.17, 15) is 24.3 Å². The lowest BCUT2D eigenvalue weighted by Gasteiger charge is -2.49. The maximum absolute atomic E-state index is 13.1. The topological polar surface area (TPSA) is 155 Å². The van der Waals surface area contributed by atoms with Crippen molar-refractivity contribution in [1.29, 1.82) is 0 Å². The van der Waals surface area contributed by atoms with E-state index >= 15 is 0 Å². The number of carboxylic acids is 1. The number of carboxylic acid groups (broad SMARTS) is 1. The molecule has 1 fully saturated rings. The minimum atomic E-state index is -1.17. The van der Waals surface area contributed by atoms with E-state index in [0.29, 0.717) is 34.4 Å². The molecule has 0 bridgehead atoms. The average Bonchev–Trinajstić information content (AvgIpc) is 3.36. The normalized spacial score (nSPS) is 20.7. The number of aliphatic carboxylic acids is 1. The van der Waals surface area contributed by atoms with E-state index in [4.69, 9.17) is 4.74 Å². The van der Waals surface area contributed by atoms with Crippen molar-refractivity contribution in [1.82, 2.24) is 30.1 Å². The molecule has 2 aromatic heterocycles. The molecule has 1 aliphatic carbocycles. The minimum absolute atomic E-state index is 0.0268. The van der Waals surface area contributed by atoms with Gasteiger partial charge >= 0.3 is 12.1 Å². The number of pyridine rings is 1. The van der Waals surface area contributed by atoms with Gasteiger partial charge in [0.1, 0.15) is 22.7 Å². The van der Waals surface area contributed by atoms with Gasteiger partial charge in [0, 0.05) is 30.7 Å². The highest BCUT2D eigenvalue weighted by atomic mass is 32.2. The van der Waals surface area contributed by atoms with E-state index in [1.54, 1.807) is 20.8 Å². The Labute approximate surface area is 251 Å². The number of thioether (sulfide) groups is 2. The summed E-state index contributed by atoms with van der Waals surface area (Å²) in [6, 6.07) is 4.77. The molecule has 0 radical (unpaired) electrons. The number of rotatable bonds is 9. The zero-order valence-corrected chi connectivity index (χ0v) is 25.3. The van der Waals surface area contributed by atoms with Gasteiger partial charge in [0.15, 0.2) is 10.8 Å². The van der Waals surface area contributed by atoms with Gasteiger partial charge in [0.2, 0.25) is 5.91 Å². The van der Waals surface area contributed by atoms with Crippen LogP contribution in [0.3, 0.4) is 0 Å². The minimum Gasteiger partial charge on any atom is -0.477 e. The van der Waals surface area contributed by atoms with E-state index in [-0.39, 0.29) is 18.0 Å². The number of nitrogens with zero attached hydrogens (tertiary/aromatic N) is 4. The first-order chi connectivity index (χ1) is 20.0. The van der Waals surface area contributed by atoms with Crippen LogP contribution in [-0.2, 0) is 19.1 Å². The molecule has 1 unspecified atom stereocenters. The summed E-state index contributed by atoms with van der Waals surface area (Å²) in [6.45, 7) is 5.70. The van der Waals surface area contributed by atoms with Gasteiger partial charge in [0.25, 0.3) is 5.91 Å². The largest absolute Gasteiger partial charge is 0.477 e. The van der Waals surface area contributed by atoms with Crippen molar-refractivity contribution in [3.05, 3.63) is 46.8 Å². The molecular weight excluding hydrogens is 580 g/mol. The third kappa shape index (κ3) is 6.59. The fourth-order valence-corrected chi connectivity index (χ4v) is 7.64. The number of aromatic nitrogens is 3. The molecule has 5 rings (SSSR count). The lowest BCUT2D eigenvalue weighted by Crippen LogP contribution is -2.70. The molecule has 12 nitrogen and oxygen atoms in total. The summed E-state index contributed by atoms with van der Waals surface area (Å²) in [6.07, 6.45) is 4.91. The molecule has 3 amide bonds. The van der Waals surface area contributed by atoms with E-state index in [0.717, 1.165) is 36.8 Å². The van der Waals surface area contributed by atoms with Gasteiger partial charge in [-0.3, -0.25) is 18.9 Å². The maximum Gasteiger partial charge on any atom is 0.407 e. The summed E-state index contributed by atoms with van der Waals surface area (Å²) >= 11 is 2.80. The van der Waals surface area contributed by atoms with Crippen LogP contribution in [0.1, 0.15) is 52.9 Å². The second-order valence-corrected chi connectivity index (χ2v) is 13.4. The number of alkyl carbamates (subject to hydrolysis) is 1. The molecule has 0 saturated carbocycles. The Morgan fingerprint density at radius 3 is 2.64 bits per heavy atom. The first-order valence-electron chi connectivity index (χ1n) is 13.8. The Kier molecular flexibility index (Phi) is 8.83. The monoisotopic (exact) mass is 614 g/mol. The number of ether oxygens (including phenoxy) is 1. The molecule has 3 N–H and O–H groups in total. The SMILES string of the molecule is CC(C)(C)OC(=O)NCC1=C(CC(=O)NC2C(=O)N3C(C(=O)O)=C(CSc4nnc5ccccn45)CS[C@@H]23)CCCC1. The predicted molar refractivity (Wildman–Crippen MR) is 158 cm³/mol. The highest BCUT2D eigenvalue weighted by Gasteiger charge is 2.54. The van der Waals surface area contributed by atoms with Crippen LogP contribution in [0.25, 0.3) is 5.65 Å². The van der Waals surface area contributed by atoms with E-state index in [1.807, 2.05) is 28.8 Å². The third-order valence-electron chi connectivity index (χ3n) is 7.15. The fourth-order valence-electron chi connectivity index (χ4n) is 5.23. The summed E-state index contributed by atoms with van der Waals surface area (Å²) in [4.78, 5) is 51.8. The van der Waals surface area contributed by atoms with Crippen molar-refractivity contribution in [2.24, 2.45) is 0 Å². The first-order valence-corrected chi connectivity index (χ1v) is 15.8. The molecule has 224 valence electrons. The van der Waals surface area contributed by atoms with Crippen molar-refractivity contribution in [2.45, 2.75) is 75.0 Å². The molecular formula is C28H34N6O6S2. The van der Waals surface area contributed by atoms with Crippen LogP contribution in [0.2, 0.25) is 0 Å². The van der Waals surface area contributed by atoms with Crippen LogP contribution in [0.5, 0.6) is 0 Å². The quantitative estimate of drug-likeness (QED) is 0.218. The molecule has 2 aliphatic heterocycles. The molecule has 2 atom stereocenters. The molecule has 1 saturated heterocycles. The molecule has 4 heterocycles. The zero-order valence-electron chi connectivity index (χ0n) is 23.7. The number of amides is 3. The van der Waals surface area contributed by atoms with E-state index in [2.05, 4.69) is 20.8 Å². The van der Waals surface area contributed by atoms with Gasteiger partial charge in [-0.25, -0.2) is 9.59 Å². The fraction of sp³-hybridized carbons (Fsp3) is 0.500. The van der Waals surface area contributed by atoms with Gasteiger partial charge in [-0.1, -0.05) is 29.0 Å². The summed E-state index contributed by atoms with van der Waals surface area (Å²) in [5, 5.41) is 24.1. The Morgan fingerprint density at radius 1 is 1.14 bits per heavy atom. The highest BCUT2D eigenvalue weighted by molar-refractivity contribution is 8.01. The molecule has 3 aliphatic rings.